The van der Waals surface area contributed by atoms with Crippen LogP contribution >= 0.6 is 11.3 Å². The Morgan fingerprint density at radius 2 is 2.00 bits per heavy atom. The van der Waals surface area contributed by atoms with Crippen molar-refractivity contribution in [2.24, 2.45) is 0 Å². The number of thiophene rings is 1. The molecule has 3 N–H and O–H groups in total. The lowest BCUT2D eigenvalue weighted by atomic mass is 10.3. The summed E-state index contributed by atoms with van der Waals surface area (Å²) in [6, 6.07) is 3.95. The molecular weight excluding hydrogens is 232 g/mol. The van der Waals surface area contributed by atoms with Gasteiger partial charge in [0.15, 0.2) is 0 Å². The molecule has 2 rings (SSSR count). The molecule has 0 atom stereocenters. The molecule has 0 saturated carbocycles. The van der Waals surface area contributed by atoms with Crippen molar-refractivity contribution in [3.05, 3.63) is 33.3 Å². The van der Waals surface area contributed by atoms with Gasteiger partial charge in [-0.3, -0.25) is 0 Å². The minimum absolute atomic E-state index is 0.499. The van der Waals surface area contributed by atoms with E-state index in [4.69, 9.17) is 5.73 Å². The first-order valence-electron chi connectivity index (χ1n) is 5.45. The predicted molar refractivity (Wildman–Crippen MR) is 72.3 cm³/mol. The van der Waals surface area contributed by atoms with Crippen LogP contribution in [0, 0.1) is 20.8 Å². The molecule has 0 amide bonds. The first-order chi connectivity index (χ1) is 8.04. The molecule has 2 heterocycles. The van der Waals surface area contributed by atoms with Crippen LogP contribution in [0.25, 0.3) is 0 Å². The van der Waals surface area contributed by atoms with Gasteiger partial charge in [-0.15, -0.1) is 11.3 Å². The van der Waals surface area contributed by atoms with Crippen LogP contribution in [0.1, 0.15) is 21.1 Å². The van der Waals surface area contributed by atoms with Gasteiger partial charge in [-0.2, -0.15) is 0 Å². The normalized spacial score (nSPS) is 10.5. The number of nitrogens with one attached hydrogen (secondary N) is 1. The van der Waals surface area contributed by atoms with Crippen molar-refractivity contribution in [2.45, 2.75) is 27.3 Å². The molecule has 0 aliphatic carbocycles. The topological polar surface area (TPSA) is 63.8 Å². The Morgan fingerprint density at radius 1 is 1.24 bits per heavy atom. The zero-order valence-corrected chi connectivity index (χ0v) is 11.1. The van der Waals surface area contributed by atoms with Gasteiger partial charge in [0.2, 0.25) is 0 Å². The molecule has 0 aliphatic rings. The smallest absolute Gasteiger partial charge is 0.132 e. The summed E-state index contributed by atoms with van der Waals surface area (Å²) in [7, 11) is 0. The SMILES string of the molecule is Cc1nc(N)cc(NCc2cc(C)c(C)s2)n1. The highest BCUT2D eigenvalue weighted by Crippen LogP contribution is 2.21. The molecule has 0 aliphatic heterocycles. The van der Waals surface area contributed by atoms with Crippen LogP contribution in [0.15, 0.2) is 12.1 Å². The number of hydrogen-bond acceptors (Lipinski definition) is 5. The Labute approximate surface area is 105 Å². The molecule has 0 radical (unpaired) electrons. The van der Waals surface area contributed by atoms with Crippen molar-refractivity contribution >= 4 is 23.0 Å². The van der Waals surface area contributed by atoms with E-state index in [2.05, 4.69) is 35.2 Å². The summed E-state index contributed by atoms with van der Waals surface area (Å²) in [6.07, 6.45) is 0. The minimum atomic E-state index is 0.499. The molecule has 2 aromatic rings. The van der Waals surface area contributed by atoms with Crippen molar-refractivity contribution < 1.29 is 0 Å². The average Bonchev–Trinajstić information content (AvgIpc) is 2.54. The fraction of sp³-hybridized carbons (Fsp3) is 0.333. The first kappa shape index (κ1) is 11.9. The molecule has 0 fully saturated rings. The van der Waals surface area contributed by atoms with Crippen LogP contribution in [0.3, 0.4) is 0 Å². The van der Waals surface area contributed by atoms with Crippen LogP contribution < -0.4 is 11.1 Å². The average molecular weight is 248 g/mol. The van der Waals surface area contributed by atoms with Crippen molar-refractivity contribution in [2.75, 3.05) is 11.1 Å². The van der Waals surface area contributed by atoms with Gasteiger partial charge >= 0.3 is 0 Å². The van der Waals surface area contributed by atoms with Crippen LogP contribution in [-0.4, -0.2) is 9.97 Å². The lowest BCUT2D eigenvalue weighted by Crippen LogP contribution is -2.03. The maximum Gasteiger partial charge on any atom is 0.132 e. The van der Waals surface area contributed by atoms with E-state index in [0.717, 1.165) is 12.4 Å². The van der Waals surface area contributed by atoms with Crippen molar-refractivity contribution in [1.82, 2.24) is 9.97 Å². The zero-order chi connectivity index (χ0) is 12.4. The Balaban J connectivity index is 2.07. The predicted octanol–water partition coefficient (Wildman–Crippen LogP) is 2.66. The largest absolute Gasteiger partial charge is 0.384 e. The number of aryl methyl sites for hydroxylation is 3. The number of aromatic nitrogens is 2. The van der Waals surface area contributed by atoms with Gasteiger partial charge in [0.05, 0.1) is 6.54 Å². The maximum absolute atomic E-state index is 5.67. The van der Waals surface area contributed by atoms with E-state index < -0.39 is 0 Å². The van der Waals surface area contributed by atoms with Crippen molar-refractivity contribution in [1.29, 1.82) is 0 Å². The third kappa shape index (κ3) is 2.94. The second-order valence-electron chi connectivity index (χ2n) is 4.03. The van der Waals surface area contributed by atoms with E-state index >= 15 is 0 Å². The Hall–Kier alpha value is -1.62. The molecule has 4 nitrogen and oxygen atoms in total. The molecule has 0 spiro atoms. The summed E-state index contributed by atoms with van der Waals surface area (Å²) < 4.78 is 0. The van der Waals surface area contributed by atoms with Crippen LogP contribution in [-0.2, 0) is 6.54 Å². The highest BCUT2D eigenvalue weighted by atomic mass is 32.1. The highest BCUT2D eigenvalue weighted by molar-refractivity contribution is 7.12. The Morgan fingerprint density at radius 3 is 2.59 bits per heavy atom. The van der Waals surface area contributed by atoms with E-state index in [1.807, 2.05) is 6.92 Å². The van der Waals surface area contributed by atoms with Crippen LogP contribution in [0.2, 0.25) is 0 Å². The number of nitrogens with two attached hydrogens (primary N) is 1. The number of nitrogens with zero attached hydrogens (tertiary/aromatic N) is 2. The molecular formula is C12H16N4S. The maximum atomic E-state index is 5.67. The van der Waals surface area contributed by atoms with Crippen LogP contribution in [0.5, 0.6) is 0 Å². The van der Waals surface area contributed by atoms with Gasteiger partial charge in [0, 0.05) is 15.8 Å². The highest BCUT2D eigenvalue weighted by Gasteiger charge is 2.03. The van der Waals surface area contributed by atoms with Gasteiger partial charge < -0.3 is 11.1 Å². The molecule has 5 heteroatoms. The summed E-state index contributed by atoms with van der Waals surface area (Å²) in [5, 5.41) is 3.26. The zero-order valence-electron chi connectivity index (χ0n) is 10.2. The number of nitrogen functional groups attached to an aromatic ring is 1. The quantitative estimate of drug-likeness (QED) is 0.876. The molecule has 0 bridgehead atoms. The summed E-state index contributed by atoms with van der Waals surface area (Å²) in [5.41, 5.74) is 7.01. The molecule has 0 unspecified atom stereocenters. The summed E-state index contributed by atoms with van der Waals surface area (Å²) >= 11 is 1.80. The van der Waals surface area contributed by atoms with Gasteiger partial charge in [0.1, 0.15) is 17.5 Å². The fourth-order valence-corrected chi connectivity index (χ4v) is 2.59. The number of hydrogen-bond donors (Lipinski definition) is 2. The molecule has 0 saturated heterocycles. The van der Waals surface area contributed by atoms with E-state index in [-0.39, 0.29) is 0 Å². The minimum Gasteiger partial charge on any atom is -0.384 e. The van der Waals surface area contributed by atoms with Crippen molar-refractivity contribution in [3.63, 3.8) is 0 Å². The Kier molecular flexibility index (Phi) is 3.28. The summed E-state index contributed by atoms with van der Waals surface area (Å²) in [6.45, 7) is 6.87. The van der Waals surface area contributed by atoms with Gasteiger partial charge in [-0.1, -0.05) is 0 Å². The van der Waals surface area contributed by atoms with Crippen LogP contribution in [0.4, 0.5) is 11.6 Å². The third-order valence-electron chi connectivity index (χ3n) is 2.52. The first-order valence-corrected chi connectivity index (χ1v) is 6.27. The molecule has 0 aromatic carbocycles. The fourth-order valence-electron chi connectivity index (χ4n) is 1.60. The molecule has 17 heavy (non-hydrogen) atoms. The van der Waals surface area contributed by atoms with E-state index in [1.165, 1.54) is 15.3 Å². The second-order valence-corrected chi connectivity index (χ2v) is 5.37. The lowest BCUT2D eigenvalue weighted by Gasteiger charge is -2.05. The number of anilines is 2. The monoisotopic (exact) mass is 248 g/mol. The molecule has 90 valence electrons. The van der Waals surface area contributed by atoms with Gasteiger partial charge in [0.25, 0.3) is 0 Å². The third-order valence-corrected chi connectivity index (χ3v) is 3.67. The standard InChI is InChI=1S/C12H16N4S/c1-7-4-10(17-8(7)2)6-14-12-5-11(13)15-9(3)16-12/h4-5H,6H2,1-3H3,(H3,13,14,15,16). The van der Waals surface area contributed by atoms with E-state index in [9.17, 15) is 0 Å². The summed E-state index contributed by atoms with van der Waals surface area (Å²) in [5.74, 6) is 1.96. The van der Waals surface area contributed by atoms with E-state index in [0.29, 0.717) is 11.6 Å². The number of rotatable bonds is 3. The lowest BCUT2D eigenvalue weighted by molar-refractivity contribution is 1.03. The van der Waals surface area contributed by atoms with Gasteiger partial charge in [-0.05, 0) is 32.4 Å². The van der Waals surface area contributed by atoms with E-state index in [1.54, 1.807) is 17.4 Å². The molecule has 2 aromatic heterocycles. The van der Waals surface area contributed by atoms with Crippen molar-refractivity contribution in [3.8, 4) is 0 Å². The summed E-state index contributed by atoms with van der Waals surface area (Å²) in [4.78, 5) is 11.0. The Bertz CT molecular complexity index is 494. The second kappa shape index (κ2) is 4.71. The van der Waals surface area contributed by atoms with Gasteiger partial charge in [-0.25, -0.2) is 9.97 Å².